The molecule has 0 saturated carbocycles. The van der Waals surface area contributed by atoms with Crippen molar-refractivity contribution >= 4 is 17.5 Å². The van der Waals surface area contributed by atoms with E-state index in [1.54, 1.807) is 13.1 Å². The molecule has 1 N–H and O–H groups in total. The van der Waals surface area contributed by atoms with Crippen LogP contribution in [-0.4, -0.2) is 49.2 Å². The molecular weight excluding hydrogens is 417 g/mol. The number of fused-ring (bicyclic) bond motifs is 1. The number of nitrogens with zero attached hydrogens (tertiary/aromatic N) is 1. The summed E-state index contributed by atoms with van der Waals surface area (Å²) in [5, 5.41) is 2.74. The largest absolute Gasteiger partial charge is 0.486 e. The molecule has 1 saturated heterocycles. The maximum absolute atomic E-state index is 13.0. The number of halogens is 3. The van der Waals surface area contributed by atoms with Gasteiger partial charge in [-0.25, -0.2) is 0 Å². The predicted molar refractivity (Wildman–Crippen MR) is 104 cm³/mol. The molecule has 7 nitrogen and oxygen atoms in total. The molecule has 1 aromatic rings. The molecule has 0 bridgehead atoms. The number of nitrogens with one attached hydrogen (secondary N) is 1. The van der Waals surface area contributed by atoms with Crippen molar-refractivity contribution in [3.63, 3.8) is 0 Å². The molecule has 4 rings (SSSR count). The van der Waals surface area contributed by atoms with Gasteiger partial charge < -0.3 is 24.4 Å². The SMILES string of the molecule is CN1C(=O)CCC1C(=O)Nc1cc(OC2=CCCC(C(F)(F)F)=C2)cc2c1OCCO2. The van der Waals surface area contributed by atoms with E-state index in [9.17, 15) is 22.8 Å². The first-order valence-electron chi connectivity index (χ1n) is 9.88. The number of likely N-dealkylation sites (N-methyl/N-ethyl adjacent to an activating group) is 1. The topological polar surface area (TPSA) is 77.1 Å². The number of carbonyl (C=O) groups is 2. The van der Waals surface area contributed by atoms with Crippen molar-refractivity contribution in [3.05, 3.63) is 35.6 Å². The fourth-order valence-corrected chi connectivity index (χ4v) is 3.71. The molecule has 166 valence electrons. The van der Waals surface area contributed by atoms with Crippen molar-refractivity contribution in [1.29, 1.82) is 0 Å². The molecule has 0 aromatic heterocycles. The van der Waals surface area contributed by atoms with E-state index in [-0.39, 0.29) is 55.6 Å². The summed E-state index contributed by atoms with van der Waals surface area (Å²) in [5.74, 6) is 0.373. The van der Waals surface area contributed by atoms with Crippen molar-refractivity contribution in [2.75, 3.05) is 25.6 Å². The van der Waals surface area contributed by atoms with E-state index in [1.807, 2.05) is 0 Å². The Morgan fingerprint density at radius 2 is 2.00 bits per heavy atom. The Morgan fingerprint density at radius 3 is 2.71 bits per heavy atom. The zero-order valence-electron chi connectivity index (χ0n) is 16.8. The monoisotopic (exact) mass is 438 g/mol. The minimum absolute atomic E-state index is 0.0636. The lowest BCUT2D eigenvalue weighted by Crippen LogP contribution is -2.39. The number of anilines is 1. The van der Waals surface area contributed by atoms with Crippen LogP contribution in [0, 0.1) is 0 Å². The molecule has 1 atom stereocenters. The second kappa shape index (κ2) is 8.16. The van der Waals surface area contributed by atoms with Crippen molar-refractivity contribution in [1.82, 2.24) is 4.90 Å². The lowest BCUT2D eigenvalue weighted by Gasteiger charge is -2.24. The summed E-state index contributed by atoms with van der Waals surface area (Å²) in [7, 11) is 1.56. The number of allylic oxidation sites excluding steroid dienone is 3. The Labute approximate surface area is 176 Å². The van der Waals surface area contributed by atoms with Crippen molar-refractivity contribution in [2.45, 2.75) is 37.9 Å². The quantitative estimate of drug-likeness (QED) is 0.778. The number of benzene rings is 1. The molecule has 1 aromatic carbocycles. The first kappa shape index (κ1) is 21.1. The van der Waals surface area contributed by atoms with Gasteiger partial charge in [-0.05, 0) is 31.4 Å². The van der Waals surface area contributed by atoms with E-state index < -0.39 is 23.7 Å². The molecular formula is C21H21F3N2O5. The molecule has 1 fully saturated rings. The van der Waals surface area contributed by atoms with E-state index in [4.69, 9.17) is 14.2 Å². The Hall–Kier alpha value is -3.17. The average molecular weight is 438 g/mol. The van der Waals surface area contributed by atoms with Gasteiger partial charge in [0.25, 0.3) is 0 Å². The van der Waals surface area contributed by atoms with Crippen molar-refractivity contribution in [3.8, 4) is 17.2 Å². The Balaban J connectivity index is 1.59. The Bertz CT molecular complexity index is 970. The molecule has 31 heavy (non-hydrogen) atoms. The highest BCUT2D eigenvalue weighted by atomic mass is 19.4. The molecule has 0 spiro atoms. The number of alkyl halides is 3. The summed E-state index contributed by atoms with van der Waals surface area (Å²) in [6.45, 7) is 0.561. The van der Waals surface area contributed by atoms with Gasteiger partial charge in [-0.3, -0.25) is 9.59 Å². The number of rotatable bonds is 4. The number of likely N-dealkylation sites (tertiary alicyclic amines) is 1. The molecule has 2 heterocycles. The maximum Gasteiger partial charge on any atom is 0.412 e. The van der Waals surface area contributed by atoms with Gasteiger partial charge in [0.15, 0.2) is 11.5 Å². The van der Waals surface area contributed by atoms with Crippen LogP contribution in [0.4, 0.5) is 18.9 Å². The van der Waals surface area contributed by atoms with Crippen LogP contribution in [0.15, 0.2) is 35.6 Å². The molecule has 2 aliphatic heterocycles. The van der Waals surface area contributed by atoms with Gasteiger partial charge in [0.2, 0.25) is 11.8 Å². The average Bonchev–Trinajstić information content (AvgIpc) is 3.06. The summed E-state index contributed by atoms with van der Waals surface area (Å²) in [4.78, 5) is 25.8. The lowest BCUT2D eigenvalue weighted by molar-refractivity contribution is -0.131. The van der Waals surface area contributed by atoms with E-state index >= 15 is 0 Å². The van der Waals surface area contributed by atoms with E-state index in [1.165, 1.54) is 17.0 Å². The molecule has 2 amide bonds. The van der Waals surface area contributed by atoms with Gasteiger partial charge in [0, 0.05) is 31.2 Å². The molecule has 0 radical (unpaired) electrons. The van der Waals surface area contributed by atoms with Crippen LogP contribution >= 0.6 is 0 Å². The zero-order chi connectivity index (χ0) is 22.2. The van der Waals surface area contributed by atoms with Crippen LogP contribution in [-0.2, 0) is 9.59 Å². The second-order valence-electron chi connectivity index (χ2n) is 7.46. The van der Waals surface area contributed by atoms with Crippen LogP contribution in [0.2, 0.25) is 0 Å². The van der Waals surface area contributed by atoms with Gasteiger partial charge >= 0.3 is 6.18 Å². The highest BCUT2D eigenvalue weighted by Gasteiger charge is 2.35. The molecule has 1 aliphatic carbocycles. The van der Waals surface area contributed by atoms with E-state index in [0.29, 0.717) is 17.9 Å². The summed E-state index contributed by atoms with van der Waals surface area (Å²) in [6, 6.07) is 2.36. The van der Waals surface area contributed by atoms with E-state index in [0.717, 1.165) is 6.08 Å². The Morgan fingerprint density at radius 1 is 1.23 bits per heavy atom. The summed E-state index contributed by atoms with van der Waals surface area (Å²) in [5.41, 5.74) is -0.397. The minimum Gasteiger partial charge on any atom is -0.486 e. The third kappa shape index (κ3) is 4.47. The number of hydrogen-bond acceptors (Lipinski definition) is 5. The zero-order valence-corrected chi connectivity index (χ0v) is 16.8. The maximum atomic E-state index is 13.0. The number of ether oxygens (including phenoxy) is 3. The lowest BCUT2D eigenvalue weighted by atomic mass is 10.0. The second-order valence-corrected chi connectivity index (χ2v) is 7.46. The third-order valence-corrected chi connectivity index (χ3v) is 5.34. The smallest absolute Gasteiger partial charge is 0.412 e. The number of carbonyl (C=O) groups excluding carboxylic acids is 2. The van der Waals surface area contributed by atoms with Crippen molar-refractivity contribution in [2.24, 2.45) is 0 Å². The summed E-state index contributed by atoms with van der Waals surface area (Å²) >= 11 is 0. The van der Waals surface area contributed by atoms with Crippen LogP contribution in [0.3, 0.4) is 0 Å². The van der Waals surface area contributed by atoms with Gasteiger partial charge in [-0.1, -0.05) is 0 Å². The number of amides is 2. The van der Waals surface area contributed by atoms with E-state index in [2.05, 4.69) is 5.32 Å². The number of hydrogen-bond donors (Lipinski definition) is 1. The van der Waals surface area contributed by atoms with Crippen LogP contribution < -0.4 is 19.5 Å². The van der Waals surface area contributed by atoms with Crippen molar-refractivity contribution < 1.29 is 37.0 Å². The Kier molecular flexibility index (Phi) is 5.55. The van der Waals surface area contributed by atoms with Gasteiger partial charge in [0.05, 0.1) is 5.69 Å². The first-order chi connectivity index (χ1) is 14.7. The standard InChI is InChI=1S/C21H21F3N2O5/c1-26-16(5-6-18(26)27)20(28)25-15-10-14(11-17-19(15)30-8-7-29-17)31-13-4-2-3-12(9-13)21(22,23)24/h4,9-11,16H,2-3,5-8H2,1H3,(H,25,28). The first-order valence-corrected chi connectivity index (χ1v) is 9.88. The fourth-order valence-electron chi connectivity index (χ4n) is 3.71. The van der Waals surface area contributed by atoms with Gasteiger partial charge in [-0.2, -0.15) is 13.2 Å². The predicted octanol–water partition coefficient (Wildman–Crippen LogP) is 3.56. The molecule has 3 aliphatic rings. The van der Waals surface area contributed by atoms with Crippen LogP contribution in [0.25, 0.3) is 0 Å². The fraction of sp³-hybridized carbons (Fsp3) is 0.429. The molecule has 10 heteroatoms. The third-order valence-electron chi connectivity index (χ3n) is 5.34. The van der Waals surface area contributed by atoms with Crippen LogP contribution in [0.1, 0.15) is 25.7 Å². The minimum atomic E-state index is -4.42. The van der Waals surface area contributed by atoms with Gasteiger partial charge in [-0.15, -0.1) is 0 Å². The highest BCUT2D eigenvalue weighted by molar-refractivity contribution is 6.00. The van der Waals surface area contributed by atoms with Gasteiger partial charge in [0.1, 0.15) is 30.8 Å². The summed E-state index contributed by atoms with van der Waals surface area (Å²) in [6.07, 6.45) is -1.09. The van der Waals surface area contributed by atoms with Crippen LogP contribution in [0.5, 0.6) is 17.2 Å². The molecule has 1 unspecified atom stereocenters. The normalized spacial score (nSPS) is 20.8. The summed E-state index contributed by atoms with van der Waals surface area (Å²) < 4.78 is 56.0. The highest BCUT2D eigenvalue weighted by Crippen LogP contribution is 2.42.